The zero-order valence-electron chi connectivity index (χ0n) is 10.1. The first-order chi connectivity index (χ1) is 7.02. The van der Waals surface area contributed by atoms with Crippen LogP contribution in [-0.2, 0) is 0 Å². The number of hydrogen-bond acceptors (Lipinski definition) is 2. The van der Waals surface area contributed by atoms with Gasteiger partial charge in [0.05, 0.1) is 5.69 Å². The van der Waals surface area contributed by atoms with Gasteiger partial charge in [0.1, 0.15) is 11.6 Å². The third kappa shape index (κ3) is 1.75. The lowest BCUT2D eigenvalue weighted by Crippen LogP contribution is -2.06. The second-order valence-corrected chi connectivity index (χ2v) is 5.15. The molecule has 2 N–H and O–H groups in total. The molecule has 0 radical (unpaired) electrons. The molecule has 1 aromatic rings. The van der Waals surface area contributed by atoms with E-state index >= 15 is 0 Å². The molecule has 0 aromatic carbocycles. The van der Waals surface area contributed by atoms with Crippen LogP contribution in [0.1, 0.15) is 69.9 Å². The van der Waals surface area contributed by atoms with Gasteiger partial charge in [0, 0.05) is 12.0 Å². The highest BCUT2D eigenvalue weighted by Crippen LogP contribution is 2.41. The minimum absolute atomic E-state index is 0.419. The first-order valence-corrected chi connectivity index (χ1v) is 5.89. The van der Waals surface area contributed by atoms with E-state index in [-0.39, 0.29) is 0 Å². The van der Waals surface area contributed by atoms with Crippen LogP contribution in [0.2, 0.25) is 0 Å². The molecule has 1 aliphatic rings. The number of aromatic nitrogens is 2. The average Bonchev–Trinajstić information content (AvgIpc) is 2.89. The summed E-state index contributed by atoms with van der Waals surface area (Å²) in [5.74, 6) is 2.94. The maximum Gasteiger partial charge on any atom is 0.127 e. The molecule has 1 saturated carbocycles. The van der Waals surface area contributed by atoms with Gasteiger partial charge in [0.2, 0.25) is 0 Å². The van der Waals surface area contributed by atoms with Crippen molar-refractivity contribution in [3.05, 3.63) is 11.5 Å². The molecule has 1 aliphatic carbocycles. The van der Waals surface area contributed by atoms with E-state index in [2.05, 4.69) is 32.3 Å². The summed E-state index contributed by atoms with van der Waals surface area (Å²) in [5.41, 5.74) is 7.26. The number of anilines is 1. The predicted molar refractivity (Wildman–Crippen MR) is 63.1 cm³/mol. The van der Waals surface area contributed by atoms with E-state index in [4.69, 9.17) is 10.7 Å². The molecule has 0 atom stereocenters. The Bertz CT molecular complexity index is 359. The number of rotatable bonds is 3. The SMILES string of the molecule is CC(C)c1nc(C(C)C)n(C2CC2)c1N. The van der Waals surface area contributed by atoms with Crippen molar-refractivity contribution in [3.63, 3.8) is 0 Å². The molecule has 1 aromatic heterocycles. The highest BCUT2D eigenvalue weighted by Gasteiger charge is 2.30. The smallest absolute Gasteiger partial charge is 0.127 e. The Morgan fingerprint density at radius 3 is 2.20 bits per heavy atom. The Hall–Kier alpha value is -0.990. The lowest BCUT2D eigenvalue weighted by atomic mass is 10.1. The van der Waals surface area contributed by atoms with Crippen molar-refractivity contribution in [2.45, 2.75) is 58.4 Å². The predicted octanol–water partition coefficient (Wildman–Crippen LogP) is 3.05. The second-order valence-electron chi connectivity index (χ2n) is 5.15. The van der Waals surface area contributed by atoms with Crippen molar-refractivity contribution in [2.24, 2.45) is 0 Å². The summed E-state index contributed by atoms with van der Waals surface area (Å²) >= 11 is 0. The minimum atomic E-state index is 0.419. The van der Waals surface area contributed by atoms with Gasteiger partial charge in [-0.2, -0.15) is 0 Å². The molecule has 0 saturated heterocycles. The number of imidazole rings is 1. The van der Waals surface area contributed by atoms with E-state index in [0.717, 1.165) is 11.5 Å². The van der Waals surface area contributed by atoms with Crippen molar-refractivity contribution in [2.75, 3.05) is 5.73 Å². The Labute approximate surface area is 91.7 Å². The highest BCUT2D eigenvalue weighted by molar-refractivity contribution is 5.42. The van der Waals surface area contributed by atoms with Crippen molar-refractivity contribution in [1.29, 1.82) is 0 Å². The lowest BCUT2D eigenvalue weighted by Gasteiger charge is -2.10. The van der Waals surface area contributed by atoms with Crippen LogP contribution in [0.3, 0.4) is 0 Å². The Balaban J connectivity index is 2.48. The van der Waals surface area contributed by atoms with Crippen LogP contribution in [0.25, 0.3) is 0 Å². The molecule has 1 fully saturated rings. The number of hydrogen-bond donors (Lipinski definition) is 1. The molecular formula is C12H21N3. The molecule has 0 amide bonds. The molecule has 84 valence electrons. The molecule has 15 heavy (non-hydrogen) atoms. The van der Waals surface area contributed by atoms with E-state index < -0.39 is 0 Å². The highest BCUT2D eigenvalue weighted by atomic mass is 15.2. The molecule has 2 rings (SSSR count). The molecule has 0 unspecified atom stereocenters. The number of nitrogens with two attached hydrogens (primary N) is 1. The van der Waals surface area contributed by atoms with E-state index in [1.165, 1.54) is 18.7 Å². The van der Waals surface area contributed by atoms with Gasteiger partial charge in [-0.3, -0.25) is 0 Å². The van der Waals surface area contributed by atoms with Gasteiger partial charge in [0.25, 0.3) is 0 Å². The van der Waals surface area contributed by atoms with Gasteiger partial charge < -0.3 is 10.3 Å². The maximum absolute atomic E-state index is 6.18. The van der Waals surface area contributed by atoms with E-state index in [9.17, 15) is 0 Å². The Kier molecular flexibility index (Phi) is 2.49. The van der Waals surface area contributed by atoms with Crippen LogP contribution in [0, 0.1) is 0 Å². The Morgan fingerprint density at radius 2 is 1.80 bits per heavy atom. The zero-order valence-corrected chi connectivity index (χ0v) is 10.1. The van der Waals surface area contributed by atoms with Gasteiger partial charge in [-0.25, -0.2) is 4.98 Å². The zero-order chi connectivity index (χ0) is 11.2. The molecule has 1 heterocycles. The third-order valence-electron chi connectivity index (χ3n) is 2.98. The Morgan fingerprint density at radius 1 is 1.20 bits per heavy atom. The van der Waals surface area contributed by atoms with Crippen molar-refractivity contribution >= 4 is 5.82 Å². The van der Waals surface area contributed by atoms with Crippen LogP contribution in [-0.4, -0.2) is 9.55 Å². The van der Waals surface area contributed by atoms with Crippen LogP contribution >= 0.6 is 0 Å². The largest absolute Gasteiger partial charge is 0.384 e. The van der Waals surface area contributed by atoms with Crippen LogP contribution < -0.4 is 5.73 Å². The van der Waals surface area contributed by atoms with Crippen LogP contribution in [0.4, 0.5) is 5.82 Å². The van der Waals surface area contributed by atoms with Gasteiger partial charge in [0.15, 0.2) is 0 Å². The fourth-order valence-electron chi connectivity index (χ4n) is 2.03. The first-order valence-electron chi connectivity index (χ1n) is 5.89. The van der Waals surface area contributed by atoms with Gasteiger partial charge >= 0.3 is 0 Å². The van der Waals surface area contributed by atoms with E-state index in [1.807, 2.05) is 0 Å². The van der Waals surface area contributed by atoms with Crippen LogP contribution in [0.5, 0.6) is 0 Å². The van der Waals surface area contributed by atoms with Gasteiger partial charge in [-0.15, -0.1) is 0 Å². The summed E-state index contributed by atoms with van der Waals surface area (Å²) < 4.78 is 2.26. The summed E-state index contributed by atoms with van der Waals surface area (Å²) in [4.78, 5) is 4.71. The monoisotopic (exact) mass is 207 g/mol. The van der Waals surface area contributed by atoms with Crippen molar-refractivity contribution in [3.8, 4) is 0 Å². The number of nitrogen functional groups attached to an aromatic ring is 1. The van der Waals surface area contributed by atoms with Crippen molar-refractivity contribution in [1.82, 2.24) is 9.55 Å². The fourth-order valence-corrected chi connectivity index (χ4v) is 2.03. The van der Waals surface area contributed by atoms with Crippen LogP contribution in [0.15, 0.2) is 0 Å². The molecule has 3 nitrogen and oxygen atoms in total. The van der Waals surface area contributed by atoms with E-state index in [0.29, 0.717) is 17.9 Å². The summed E-state index contributed by atoms with van der Waals surface area (Å²) in [7, 11) is 0. The first kappa shape index (κ1) is 10.5. The molecular weight excluding hydrogens is 186 g/mol. The quantitative estimate of drug-likeness (QED) is 0.827. The fraction of sp³-hybridized carbons (Fsp3) is 0.750. The molecule has 0 spiro atoms. The van der Waals surface area contributed by atoms with Gasteiger partial charge in [-0.05, 0) is 18.8 Å². The summed E-state index contributed by atoms with van der Waals surface area (Å²) in [6.07, 6.45) is 2.52. The maximum atomic E-state index is 6.18. The average molecular weight is 207 g/mol. The minimum Gasteiger partial charge on any atom is -0.384 e. The molecule has 0 bridgehead atoms. The second kappa shape index (κ2) is 3.54. The topological polar surface area (TPSA) is 43.8 Å². The lowest BCUT2D eigenvalue weighted by molar-refractivity contribution is 0.645. The van der Waals surface area contributed by atoms with Crippen molar-refractivity contribution < 1.29 is 0 Å². The van der Waals surface area contributed by atoms with E-state index in [1.54, 1.807) is 0 Å². The normalized spacial score (nSPS) is 16.7. The summed E-state index contributed by atoms with van der Waals surface area (Å²) in [6.45, 7) is 8.68. The standard InChI is InChI=1S/C12H21N3/c1-7(2)10-11(13)15(9-5-6-9)12(14-10)8(3)4/h7-9H,5-6,13H2,1-4H3. The van der Waals surface area contributed by atoms with Gasteiger partial charge in [-0.1, -0.05) is 27.7 Å². The third-order valence-corrected chi connectivity index (χ3v) is 2.98. The summed E-state index contributed by atoms with van der Waals surface area (Å²) in [6, 6.07) is 0.627. The molecule has 3 heteroatoms. The summed E-state index contributed by atoms with van der Waals surface area (Å²) in [5, 5.41) is 0. The molecule has 0 aliphatic heterocycles. The number of nitrogens with zero attached hydrogens (tertiary/aromatic N) is 2.